The zero-order valence-electron chi connectivity index (χ0n) is 12.2. The predicted molar refractivity (Wildman–Crippen MR) is 91.7 cm³/mol. The lowest BCUT2D eigenvalue weighted by Crippen LogP contribution is -2.45. The van der Waals surface area contributed by atoms with Gasteiger partial charge in [-0.25, -0.2) is 9.18 Å². The van der Waals surface area contributed by atoms with E-state index < -0.39 is 27.0 Å². The van der Waals surface area contributed by atoms with Crippen molar-refractivity contribution in [2.24, 2.45) is 0 Å². The third-order valence-electron chi connectivity index (χ3n) is 2.65. The van der Waals surface area contributed by atoms with Crippen LogP contribution in [0.1, 0.15) is 0 Å². The van der Waals surface area contributed by atoms with Crippen LogP contribution < -0.4 is 5.32 Å². The average Bonchev–Trinajstić information content (AvgIpc) is 2.47. The number of para-hydroxylation sites is 1. The van der Waals surface area contributed by atoms with E-state index in [1.54, 1.807) is 6.07 Å². The van der Waals surface area contributed by atoms with Gasteiger partial charge in [-0.15, -0.1) is 11.8 Å². The lowest BCUT2D eigenvalue weighted by molar-refractivity contribution is -0.137. The van der Waals surface area contributed by atoms with Crippen LogP contribution in [0, 0.1) is 5.82 Å². The van der Waals surface area contributed by atoms with Gasteiger partial charge in [-0.3, -0.25) is 4.79 Å². The van der Waals surface area contributed by atoms with Crippen molar-refractivity contribution in [2.45, 2.75) is 9.17 Å². The normalized spacial score (nSPS) is 12.4. The molecular weight excluding hydrogens is 390 g/mol. The second-order valence-corrected chi connectivity index (χ2v) is 7.74. The summed E-state index contributed by atoms with van der Waals surface area (Å²) < 4.78 is 16.2. The van der Waals surface area contributed by atoms with Crippen LogP contribution >= 0.6 is 46.6 Å². The summed E-state index contributed by atoms with van der Waals surface area (Å²) in [7, 11) is 2.59. The molecule has 1 aromatic rings. The van der Waals surface area contributed by atoms with Gasteiger partial charge >= 0.3 is 12.0 Å². The molecule has 0 radical (unpaired) electrons. The van der Waals surface area contributed by atoms with Crippen molar-refractivity contribution >= 4 is 64.3 Å². The topological polar surface area (TPSA) is 58.6 Å². The van der Waals surface area contributed by atoms with Gasteiger partial charge in [-0.2, -0.15) is 0 Å². The molecule has 10 heteroatoms. The highest BCUT2D eigenvalue weighted by atomic mass is 35.6. The molecule has 0 saturated heterocycles. The number of thioether (sulfide) groups is 1. The molecule has 1 rings (SSSR count). The molecular formula is C13H14Cl3FN2O3S. The molecule has 5 nitrogen and oxygen atoms in total. The van der Waals surface area contributed by atoms with E-state index in [1.807, 2.05) is 0 Å². The molecule has 1 atom stereocenters. The third-order valence-corrected chi connectivity index (χ3v) is 5.05. The number of nitrogens with one attached hydrogen (secondary N) is 1. The molecule has 0 aliphatic heterocycles. The third kappa shape index (κ3) is 6.25. The smallest absolute Gasteiger partial charge is 0.322 e. The van der Waals surface area contributed by atoms with E-state index in [0.717, 1.165) is 16.7 Å². The Morgan fingerprint density at radius 3 is 2.52 bits per heavy atom. The Labute approximate surface area is 152 Å². The molecule has 23 heavy (non-hydrogen) atoms. The van der Waals surface area contributed by atoms with E-state index in [1.165, 1.54) is 32.4 Å². The largest absolute Gasteiger partial charge is 0.468 e. The van der Waals surface area contributed by atoms with Gasteiger partial charge < -0.3 is 15.0 Å². The standard InChI is InChI=1S/C13H14Cl3FN2O3S/c1-19(11(13(14,15)16)23-7-10(20)22-2)12(21)18-9-6-4-3-5-8(9)17/h3-6,11H,7H2,1-2H3,(H,18,21). The van der Waals surface area contributed by atoms with Crippen molar-refractivity contribution in [1.29, 1.82) is 0 Å². The fourth-order valence-electron chi connectivity index (χ4n) is 1.50. The molecule has 0 spiro atoms. The zero-order chi connectivity index (χ0) is 17.6. The number of anilines is 1. The number of alkyl halides is 3. The highest BCUT2D eigenvalue weighted by Crippen LogP contribution is 2.39. The molecule has 0 aromatic heterocycles. The Morgan fingerprint density at radius 2 is 2.00 bits per heavy atom. The van der Waals surface area contributed by atoms with Crippen molar-refractivity contribution in [3.05, 3.63) is 30.1 Å². The molecule has 0 heterocycles. The number of carbonyl (C=O) groups is 2. The minimum absolute atomic E-state index is 0.00890. The first-order valence-corrected chi connectivity index (χ1v) is 8.38. The Bertz CT molecular complexity index is 572. The zero-order valence-corrected chi connectivity index (χ0v) is 15.3. The molecule has 1 aromatic carbocycles. The van der Waals surface area contributed by atoms with Crippen LogP contribution in [0.5, 0.6) is 0 Å². The van der Waals surface area contributed by atoms with E-state index in [4.69, 9.17) is 34.8 Å². The summed E-state index contributed by atoms with van der Waals surface area (Å²) in [5.41, 5.74) is -0.00890. The van der Waals surface area contributed by atoms with E-state index in [9.17, 15) is 14.0 Å². The maximum Gasteiger partial charge on any atom is 0.322 e. The van der Waals surface area contributed by atoms with E-state index in [0.29, 0.717) is 0 Å². The Balaban J connectivity index is 2.83. The van der Waals surface area contributed by atoms with Crippen LogP contribution in [0.3, 0.4) is 0 Å². The number of hydrogen-bond acceptors (Lipinski definition) is 4. The summed E-state index contributed by atoms with van der Waals surface area (Å²) in [6.45, 7) is 0. The number of urea groups is 1. The first-order valence-electron chi connectivity index (χ1n) is 6.20. The highest BCUT2D eigenvalue weighted by molar-refractivity contribution is 8.00. The van der Waals surface area contributed by atoms with Crippen LogP contribution in [0.4, 0.5) is 14.9 Å². The summed E-state index contributed by atoms with van der Waals surface area (Å²) in [5.74, 6) is -1.24. The van der Waals surface area contributed by atoms with Gasteiger partial charge in [0.15, 0.2) is 0 Å². The van der Waals surface area contributed by atoms with Gasteiger partial charge in [0.25, 0.3) is 0 Å². The van der Waals surface area contributed by atoms with E-state index >= 15 is 0 Å². The van der Waals surface area contributed by atoms with Gasteiger partial charge in [0.05, 0.1) is 18.6 Å². The van der Waals surface area contributed by atoms with Crippen molar-refractivity contribution in [3.8, 4) is 0 Å². The number of nitrogens with zero attached hydrogens (tertiary/aromatic N) is 1. The molecule has 0 fully saturated rings. The van der Waals surface area contributed by atoms with Gasteiger partial charge in [-0.1, -0.05) is 46.9 Å². The van der Waals surface area contributed by atoms with Gasteiger partial charge in [0, 0.05) is 7.05 Å². The molecule has 0 bridgehead atoms. The summed E-state index contributed by atoms with van der Waals surface area (Å²) >= 11 is 18.5. The van der Waals surface area contributed by atoms with Gasteiger partial charge in [0.2, 0.25) is 3.79 Å². The summed E-state index contributed by atoms with van der Waals surface area (Å²) in [6, 6.07) is 4.97. The SMILES string of the molecule is COC(=O)CSC(N(C)C(=O)Nc1ccccc1F)C(Cl)(Cl)Cl. The second kappa shape index (κ2) is 8.82. The quantitative estimate of drug-likeness (QED) is 0.460. The monoisotopic (exact) mass is 402 g/mol. The molecule has 128 valence electrons. The number of halogens is 4. The van der Waals surface area contributed by atoms with Crippen molar-refractivity contribution in [3.63, 3.8) is 0 Å². The number of methoxy groups -OCH3 is 1. The van der Waals surface area contributed by atoms with Crippen molar-refractivity contribution in [2.75, 3.05) is 25.2 Å². The lowest BCUT2D eigenvalue weighted by Gasteiger charge is -2.32. The first kappa shape index (κ1) is 20.2. The number of ether oxygens (including phenoxy) is 1. The summed E-state index contributed by atoms with van der Waals surface area (Å²) in [6.07, 6.45) is 0. The molecule has 0 saturated carbocycles. The fraction of sp³-hybridized carbons (Fsp3) is 0.385. The summed E-state index contributed by atoms with van der Waals surface area (Å²) in [4.78, 5) is 24.5. The maximum atomic E-state index is 13.6. The lowest BCUT2D eigenvalue weighted by atomic mass is 10.3. The van der Waals surface area contributed by atoms with Crippen LogP contribution in [0.25, 0.3) is 0 Å². The van der Waals surface area contributed by atoms with Crippen LogP contribution in [0.2, 0.25) is 0 Å². The minimum atomic E-state index is -1.86. The molecule has 1 unspecified atom stereocenters. The molecule has 1 N–H and O–H groups in total. The molecule has 0 aliphatic carbocycles. The van der Waals surface area contributed by atoms with Gasteiger partial charge in [-0.05, 0) is 12.1 Å². The molecule has 0 aliphatic rings. The second-order valence-electron chi connectivity index (χ2n) is 4.30. The van der Waals surface area contributed by atoms with Gasteiger partial charge in [0.1, 0.15) is 11.2 Å². The predicted octanol–water partition coefficient (Wildman–Crippen LogP) is 3.89. The highest BCUT2D eigenvalue weighted by Gasteiger charge is 2.39. The summed E-state index contributed by atoms with van der Waals surface area (Å²) in [5, 5.41) is 1.38. The fourth-order valence-corrected chi connectivity index (χ4v) is 3.43. The number of carbonyl (C=O) groups excluding carboxylic acids is 2. The maximum absolute atomic E-state index is 13.6. The van der Waals surface area contributed by atoms with Crippen molar-refractivity contribution in [1.82, 2.24) is 4.90 Å². The Hall–Kier alpha value is -0.890. The number of amides is 2. The van der Waals surface area contributed by atoms with Crippen molar-refractivity contribution < 1.29 is 18.7 Å². The van der Waals surface area contributed by atoms with Crippen LogP contribution in [-0.2, 0) is 9.53 Å². The van der Waals surface area contributed by atoms with Crippen LogP contribution in [-0.4, -0.2) is 46.0 Å². The first-order chi connectivity index (χ1) is 10.7. The van der Waals surface area contributed by atoms with E-state index in [-0.39, 0.29) is 11.4 Å². The van der Waals surface area contributed by atoms with E-state index in [2.05, 4.69) is 10.1 Å². The van der Waals surface area contributed by atoms with Crippen LogP contribution in [0.15, 0.2) is 24.3 Å². The number of esters is 1. The number of benzene rings is 1. The number of rotatable bonds is 5. The Morgan fingerprint density at radius 1 is 1.39 bits per heavy atom. The molecule has 2 amide bonds. The Kier molecular flexibility index (Phi) is 7.73. The number of hydrogen-bond donors (Lipinski definition) is 1. The minimum Gasteiger partial charge on any atom is -0.468 e. The average molecular weight is 404 g/mol.